The fourth-order valence-electron chi connectivity index (χ4n) is 1.50. The monoisotopic (exact) mass is 304 g/mol. The average molecular weight is 304 g/mol. The van der Waals surface area contributed by atoms with Gasteiger partial charge in [-0.25, -0.2) is 0 Å². The highest BCUT2D eigenvalue weighted by Gasteiger charge is 2.01. The quantitative estimate of drug-likeness (QED) is 0.338. The third-order valence-corrected chi connectivity index (χ3v) is 2.71. The maximum absolute atomic E-state index is 11.1. The van der Waals surface area contributed by atoms with Gasteiger partial charge in [-0.15, -0.1) is 0 Å². The smallest absolute Gasteiger partial charge is 0.221 e. The van der Waals surface area contributed by atoms with Crippen molar-refractivity contribution < 1.29 is 4.79 Å². The van der Waals surface area contributed by atoms with Gasteiger partial charge >= 0.3 is 0 Å². The molecule has 3 N–H and O–H groups in total. The molecule has 0 saturated heterocycles. The van der Waals surface area contributed by atoms with Gasteiger partial charge in [0.05, 0.1) is 5.71 Å². The Kier molecular flexibility index (Phi) is 6.55. The lowest BCUT2D eigenvalue weighted by molar-refractivity contribution is -0.114. The van der Waals surface area contributed by atoms with Crippen LogP contribution in [-0.2, 0) is 4.79 Å². The van der Waals surface area contributed by atoms with E-state index in [4.69, 9.17) is 12.2 Å². The SMILES string of the molecule is C=C(C)CNC(=S)NN=C(C)c1cccc(NC(C)=O)c1. The summed E-state index contributed by atoms with van der Waals surface area (Å²) in [5, 5.41) is 10.4. The van der Waals surface area contributed by atoms with Gasteiger partial charge in [-0.05, 0) is 43.8 Å². The second kappa shape index (κ2) is 8.16. The van der Waals surface area contributed by atoms with E-state index in [2.05, 4.69) is 27.7 Å². The molecule has 21 heavy (non-hydrogen) atoms. The number of nitrogens with zero attached hydrogens (tertiary/aromatic N) is 1. The predicted octanol–water partition coefficient (Wildman–Crippen LogP) is 2.41. The van der Waals surface area contributed by atoms with Gasteiger partial charge in [0.2, 0.25) is 5.91 Å². The van der Waals surface area contributed by atoms with Crippen molar-refractivity contribution in [2.75, 3.05) is 11.9 Å². The summed E-state index contributed by atoms with van der Waals surface area (Å²) in [6, 6.07) is 7.45. The third kappa shape index (κ3) is 6.67. The van der Waals surface area contributed by atoms with Crippen LogP contribution in [0.3, 0.4) is 0 Å². The number of thiocarbonyl (C=S) groups is 1. The molecule has 1 aromatic rings. The van der Waals surface area contributed by atoms with Crippen LogP contribution < -0.4 is 16.1 Å². The fraction of sp³-hybridized carbons (Fsp3) is 0.267. The Morgan fingerprint density at radius 3 is 2.67 bits per heavy atom. The van der Waals surface area contributed by atoms with Crippen LogP contribution in [0, 0.1) is 0 Å². The summed E-state index contributed by atoms with van der Waals surface area (Å²) in [5.74, 6) is -0.106. The highest BCUT2D eigenvalue weighted by Crippen LogP contribution is 2.11. The zero-order valence-corrected chi connectivity index (χ0v) is 13.3. The predicted molar refractivity (Wildman–Crippen MR) is 91.5 cm³/mol. The van der Waals surface area contributed by atoms with E-state index in [0.717, 1.165) is 22.5 Å². The molecule has 0 radical (unpaired) electrons. The van der Waals surface area contributed by atoms with Crippen molar-refractivity contribution in [3.63, 3.8) is 0 Å². The number of carbonyl (C=O) groups is 1. The molecule has 0 unspecified atom stereocenters. The normalized spacial score (nSPS) is 10.7. The van der Waals surface area contributed by atoms with Gasteiger partial charge in [-0.3, -0.25) is 10.2 Å². The van der Waals surface area contributed by atoms with Crippen LogP contribution in [0.25, 0.3) is 0 Å². The highest BCUT2D eigenvalue weighted by atomic mass is 32.1. The van der Waals surface area contributed by atoms with Gasteiger partial charge in [0.15, 0.2) is 5.11 Å². The van der Waals surface area contributed by atoms with Crippen LogP contribution in [0.4, 0.5) is 5.69 Å². The number of hydrogen-bond donors (Lipinski definition) is 3. The van der Waals surface area contributed by atoms with Crippen LogP contribution >= 0.6 is 12.2 Å². The molecule has 1 amide bonds. The number of hydrazone groups is 1. The van der Waals surface area contributed by atoms with Gasteiger partial charge in [0, 0.05) is 19.2 Å². The average Bonchev–Trinajstić information content (AvgIpc) is 2.42. The molecular formula is C15H20N4OS. The van der Waals surface area contributed by atoms with Crippen LogP contribution in [-0.4, -0.2) is 23.3 Å². The van der Waals surface area contributed by atoms with E-state index in [1.54, 1.807) is 0 Å². The molecule has 0 aliphatic heterocycles. The minimum Gasteiger partial charge on any atom is -0.358 e. The van der Waals surface area contributed by atoms with Crippen molar-refractivity contribution in [1.29, 1.82) is 0 Å². The molecule has 0 bridgehead atoms. The molecule has 1 aromatic carbocycles. The Morgan fingerprint density at radius 1 is 1.33 bits per heavy atom. The van der Waals surface area contributed by atoms with Crippen LogP contribution in [0.5, 0.6) is 0 Å². The van der Waals surface area contributed by atoms with E-state index in [0.29, 0.717) is 11.7 Å². The zero-order valence-electron chi connectivity index (χ0n) is 12.5. The van der Waals surface area contributed by atoms with Crippen LogP contribution in [0.15, 0.2) is 41.5 Å². The van der Waals surface area contributed by atoms with Gasteiger partial charge in [-0.1, -0.05) is 24.3 Å². The Morgan fingerprint density at radius 2 is 2.05 bits per heavy atom. The Hall–Kier alpha value is -2.21. The number of rotatable bonds is 5. The van der Waals surface area contributed by atoms with Gasteiger partial charge in [0.1, 0.15) is 0 Å². The topological polar surface area (TPSA) is 65.5 Å². The summed E-state index contributed by atoms with van der Waals surface area (Å²) < 4.78 is 0. The summed E-state index contributed by atoms with van der Waals surface area (Å²) in [5.41, 5.74) is 6.16. The van der Waals surface area contributed by atoms with Crippen molar-refractivity contribution in [2.24, 2.45) is 5.10 Å². The molecule has 112 valence electrons. The van der Waals surface area contributed by atoms with Gasteiger partial charge in [-0.2, -0.15) is 5.10 Å². The Balaban J connectivity index is 2.67. The molecule has 5 nitrogen and oxygen atoms in total. The molecule has 0 aliphatic rings. The van der Waals surface area contributed by atoms with Crippen LogP contribution in [0.2, 0.25) is 0 Å². The minimum atomic E-state index is -0.106. The van der Waals surface area contributed by atoms with E-state index in [-0.39, 0.29) is 5.91 Å². The summed E-state index contributed by atoms with van der Waals surface area (Å²) in [4.78, 5) is 11.1. The lowest BCUT2D eigenvalue weighted by Crippen LogP contribution is -2.33. The molecule has 0 fully saturated rings. The second-order valence-corrected chi connectivity index (χ2v) is 5.12. The number of carbonyl (C=O) groups excluding carboxylic acids is 1. The third-order valence-electron chi connectivity index (χ3n) is 2.48. The largest absolute Gasteiger partial charge is 0.358 e. The number of anilines is 1. The van der Waals surface area contributed by atoms with E-state index < -0.39 is 0 Å². The molecule has 1 rings (SSSR count). The number of amides is 1. The second-order valence-electron chi connectivity index (χ2n) is 4.71. The molecule has 0 aromatic heterocycles. The van der Waals surface area contributed by atoms with Crippen LogP contribution in [0.1, 0.15) is 26.3 Å². The summed E-state index contributed by atoms with van der Waals surface area (Å²) in [7, 11) is 0. The molecule has 6 heteroatoms. The summed E-state index contributed by atoms with van der Waals surface area (Å²) in [6.07, 6.45) is 0. The molecule has 0 saturated carbocycles. The van der Waals surface area contributed by atoms with Crippen molar-refractivity contribution in [3.8, 4) is 0 Å². The lowest BCUT2D eigenvalue weighted by Gasteiger charge is -2.08. The maximum Gasteiger partial charge on any atom is 0.221 e. The molecule has 0 atom stereocenters. The lowest BCUT2D eigenvalue weighted by atomic mass is 10.1. The first-order valence-corrected chi connectivity index (χ1v) is 6.90. The summed E-state index contributed by atoms with van der Waals surface area (Å²) in [6.45, 7) is 9.64. The first-order valence-electron chi connectivity index (χ1n) is 6.49. The van der Waals surface area contributed by atoms with Gasteiger partial charge in [0.25, 0.3) is 0 Å². The highest BCUT2D eigenvalue weighted by molar-refractivity contribution is 7.80. The Bertz CT molecular complexity index is 581. The van der Waals surface area contributed by atoms with E-state index in [1.165, 1.54) is 6.92 Å². The fourth-order valence-corrected chi connectivity index (χ4v) is 1.61. The molecule has 0 spiro atoms. The van der Waals surface area contributed by atoms with Crippen molar-refractivity contribution in [3.05, 3.63) is 42.0 Å². The molecular weight excluding hydrogens is 284 g/mol. The zero-order chi connectivity index (χ0) is 15.8. The first kappa shape index (κ1) is 16.8. The summed E-state index contributed by atoms with van der Waals surface area (Å²) >= 11 is 5.10. The minimum absolute atomic E-state index is 0.106. The van der Waals surface area contributed by atoms with E-state index in [1.807, 2.05) is 38.1 Å². The Labute approximate surface area is 130 Å². The molecule has 0 aliphatic carbocycles. The number of nitrogens with one attached hydrogen (secondary N) is 3. The number of benzene rings is 1. The first-order chi connectivity index (χ1) is 9.88. The molecule has 0 heterocycles. The van der Waals surface area contributed by atoms with E-state index >= 15 is 0 Å². The number of hydrogen-bond acceptors (Lipinski definition) is 3. The van der Waals surface area contributed by atoms with E-state index in [9.17, 15) is 4.79 Å². The van der Waals surface area contributed by atoms with Crippen molar-refractivity contribution >= 4 is 34.6 Å². The van der Waals surface area contributed by atoms with Crippen molar-refractivity contribution in [2.45, 2.75) is 20.8 Å². The van der Waals surface area contributed by atoms with Crippen molar-refractivity contribution in [1.82, 2.24) is 10.7 Å². The standard InChI is InChI=1S/C15H20N4OS/c1-10(2)9-16-15(21)19-18-11(3)13-6-5-7-14(8-13)17-12(4)20/h5-8H,1,9H2,2-4H3,(H,17,20)(H2,16,19,21). The maximum atomic E-state index is 11.1. The van der Waals surface area contributed by atoms with Gasteiger partial charge < -0.3 is 10.6 Å².